The van der Waals surface area contributed by atoms with Crippen molar-refractivity contribution in [1.29, 1.82) is 0 Å². The minimum Gasteiger partial charge on any atom is -0.478 e. The van der Waals surface area contributed by atoms with Crippen LogP contribution in [0, 0.1) is 5.41 Å². The van der Waals surface area contributed by atoms with Crippen LogP contribution in [0.25, 0.3) is 0 Å². The Morgan fingerprint density at radius 2 is 1.54 bits per heavy atom. The molecule has 0 aliphatic carbocycles. The molecule has 0 aliphatic rings. The smallest absolute Gasteiger partial charge is 0.335 e. The summed E-state index contributed by atoms with van der Waals surface area (Å²) in [5.41, 5.74) is 0.155. The van der Waals surface area contributed by atoms with E-state index in [4.69, 9.17) is 5.11 Å². The molecule has 2 rings (SSSR count). The Kier molecular flexibility index (Phi) is 5.36. The van der Waals surface area contributed by atoms with Crippen LogP contribution >= 0.6 is 0 Å². The Morgan fingerprint density at radius 3 is 2.08 bits per heavy atom. The molecule has 138 valence electrons. The number of hydrogen-bond donors (Lipinski definition) is 3. The molecule has 0 unspecified atom stereocenters. The van der Waals surface area contributed by atoms with Gasteiger partial charge in [-0.1, -0.05) is 26.8 Å². The summed E-state index contributed by atoms with van der Waals surface area (Å²) in [5.74, 6) is -1.33. The van der Waals surface area contributed by atoms with Crippen LogP contribution in [0.3, 0.4) is 0 Å². The first kappa shape index (κ1) is 19.5. The molecule has 0 atom stereocenters. The number of anilines is 2. The maximum atomic E-state index is 12.4. The van der Waals surface area contributed by atoms with Crippen molar-refractivity contribution >= 4 is 33.3 Å². The fraction of sp³-hybridized carbons (Fsp3) is 0.222. The van der Waals surface area contributed by atoms with Crippen LogP contribution in [0.2, 0.25) is 0 Å². The normalized spacial score (nSPS) is 11.7. The minimum absolute atomic E-state index is 0.00385. The Morgan fingerprint density at radius 1 is 0.962 bits per heavy atom. The van der Waals surface area contributed by atoms with E-state index in [1.807, 2.05) is 0 Å². The standard InChI is InChI=1S/C18H20N2O5S/c1-18(2,3)17(23)19-13-5-4-6-14(11-13)20-26(24,25)15-9-7-12(8-10-15)16(21)22/h4-11,20H,1-3H3,(H,19,23)(H,21,22). The van der Waals surface area contributed by atoms with Crippen LogP contribution in [0.5, 0.6) is 0 Å². The number of sulfonamides is 1. The molecule has 0 saturated carbocycles. The molecule has 2 aromatic carbocycles. The highest BCUT2D eigenvalue weighted by Gasteiger charge is 2.21. The van der Waals surface area contributed by atoms with Crippen LogP contribution in [-0.2, 0) is 14.8 Å². The lowest BCUT2D eigenvalue weighted by Gasteiger charge is -2.18. The molecule has 0 radical (unpaired) electrons. The molecule has 0 saturated heterocycles. The topological polar surface area (TPSA) is 113 Å². The van der Waals surface area contributed by atoms with Crippen molar-refractivity contribution in [1.82, 2.24) is 0 Å². The quantitative estimate of drug-likeness (QED) is 0.742. The Labute approximate surface area is 152 Å². The molecule has 7 nitrogen and oxygen atoms in total. The predicted molar refractivity (Wildman–Crippen MR) is 98.7 cm³/mol. The number of aromatic carboxylic acids is 1. The summed E-state index contributed by atoms with van der Waals surface area (Å²) in [5, 5.41) is 11.6. The van der Waals surface area contributed by atoms with Crippen molar-refractivity contribution in [2.45, 2.75) is 25.7 Å². The number of carboxylic acids is 1. The summed E-state index contributed by atoms with van der Waals surface area (Å²) < 4.78 is 27.3. The molecule has 0 heterocycles. The van der Waals surface area contributed by atoms with Crippen molar-refractivity contribution in [3.05, 3.63) is 54.1 Å². The van der Waals surface area contributed by atoms with E-state index in [1.165, 1.54) is 30.3 Å². The minimum atomic E-state index is -3.89. The van der Waals surface area contributed by atoms with E-state index >= 15 is 0 Å². The summed E-state index contributed by atoms with van der Waals surface area (Å²) in [6, 6.07) is 11.2. The zero-order valence-corrected chi connectivity index (χ0v) is 15.4. The average molecular weight is 376 g/mol. The largest absolute Gasteiger partial charge is 0.478 e. The summed E-state index contributed by atoms with van der Waals surface area (Å²) in [4.78, 5) is 22.8. The molecule has 26 heavy (non-hydrogen) atoms. The number of amides is 1. The number of carbonyl (C=O) groups is 2. The molecule has 0 spiro atoms. The first-order valence-electron chi connectivity index (χ1n) is 7.77. The third kappa shape index (κ3) is 4.82. The van der Waals surface area contributed by atoms with Crippen molar-refractivity contribution in [2.75, 3.05) is 10.0 Å². The zero-order chi connectivity index (χ0) is 19.5. The fourth-order valence-corrected chi connectivity index (χ4v) is 3.02. The highest BCUT2D eigenvalue weighted by atomic mass is 32.2. The molecule has 3 N–H and O–H groups in total. The molecular formula is C18H20N2O5S. The predicted octanol–water partition coefficient (Wildman–Crippen LogP) is 3.17. The van der Waals surface area contributed by atoms with E-state index in [9.17, 15) is 18.0 Å². The molecule has 0 aliphatic heterocycles. The lowest BCUT2D eigenvalue weighted by atomic mass is 9.95. The SMILES string of the molecule is CC(C)(C)C(=O)Nc1cccc(NS(=O)(=O)c2ccc(C(=O)O)cc2)c1. The van der Waals surface area contributed by atoms with Crippen LogP contribution < -0.4 is 10.0 Å². The van der Waals surface area contributed by atoms with Gasteiger partial charge in [0.1, 0.15) is 0 Å². The Balaban J connectivity index is 2.20. The van der Waals surface area contributed by atoms with Gasteiger partial charge in [0.2, 0.25) is 5.91 Å². The second kappa shape index (κ2) is 7.17. The summed E-state index contributed by atoms with van der Waals surface area (Å²) in [7, 11) is -3.89. The van der Waals surface area contributed by atoms with Crippen molar-refractivity contribution in [3.8, 4) is 0 Å². The van der Waals surface area contributed by atoms with Crippen LogP contribution in [0.1, 0.15) is 31.1 Å². The van der Waals surface area contributed by atoms with Crippen molar-refractivity contribution < 1.29 is 23.1 Å². The van der Waals surface area contributed by atoms with E-state index in [-0.39, 0.29) is 22.1 Å². The zero-order valence-electron chi connectivity index (χ0n) is 14.6. The van der Waals surface area contributed by atoms with Gasteiger partial charge in [0.15, 0.2) is 0 Å². The van der Waals surface area contributed by atoms with Gasteiger partial charge in [-0.15, -0.1) is 0 Å². The molecule has 0 aromatic heterocycles. The summed E-state index contributed by atoms with van der Waals surface area (Å²) in [6.45, 7) is 5.32. The van der Waals surface area contributed by atoms with E-state index in [0.717, 1.165) is 0 Å². The Hall–Kier alpha value is -2.87. The lowest BCUT2D eigenvalue weighted by molar-refractivity contribution is -0.123. The van der Waals surface area contributed by atoms with E-state index in [2.05, 4.69) is 10.0 Å². The Bertz CT molecular complexity index is 929. The molecule has 8 heteroatoms. The van der Waals surface area contributed by atoms with E-state index in [0.29, 0.717) is 5.69 Å². The first-order valence-corrected chi connectivity index (χ1v) is 9.25. The van der Waals surface area contributed by atoms with Gasteiger partial charge in [0.25, 0.3) is 10.0 Å². The van der Waals surface area contributed by atoms with Gasteiger partial charge in [0.05, 0.1) is 16.1 Å². The first-order chi connectivity index (χ1) is 12.0. The second-order valence-electron chi connectivity index (χ2n) is 6.72. The van der Waals surface area contributed by atoms with Crippen LogP contribution in [-0.4, -0.2) is 25.4 Å². The van der Waals surface area contributed by atoms with Crippen LogP contribution in [0.4, 0.5) is 11.4 Å². The number of nitrogens with one attached hydrogen (secondary N) is 2. The highest BCUT2D eigenvalue weighted by Crippen LogP contribution is 2.22. The second-order valence-corrected chi connectivity index (χ2v) is 8.40. The number of benzene rings is 2. The maximum absolute atomic E-state index is 12.4. The van der Waals surface area contributed by atoms with Gasteiger partial charge in [-0.2, -0.15) is 0 Å². The molecular weight excluding hydrogens is 356 g/mol. The monoisotopic (exact) mass is 376 g/mol. The van der Waals surface area contributed by atoms with Gasteiger partial charge in [-0.25, -0.2) is 13.2 Å². The maximum Gasteiger partial charge on any atom is 0.335 e. The van der Waals surface area contributed by atoms with Gasteiger partial charge in [-0.3, -0.25) is 9.52 Å². The highest BCUT2D eigenvalue weighted by molar-refractivity contribution is 7.92. The average Bonchev–Trinajstić information content (AvgIpc) is 2.54. The molecule has 2 aromatic rings. The molecule has 1 amide bonds. The lowest BCUT2D eigenvalue weighted by Crippen LogP contribution is -2.27. The van der Waals surface area contributed by atoms with Gasteiger partial charge in [-0.05, 0) is 42.5 Å². The third-order valence-corrected chi connectivity index (χ3v) is 4.86. The van der Waals surface area contributed by atoms with E-state index < -0.39 is 21.4 Å². The van der Waals surface area contributed by atoms with Gasteiger partial charge >= 0.3 is 5.97 Å². The van der Waals surface area contributed by atoms with Crippen LogP contribution in [0.15, 0.2) is 53.4 Å². The number of hydrogen-bond acceptors (Lipinski definition) is 4. The van der Waals surface area contributed by atoms with Gasteiger partial charge in [0, 0.05) is 11.1 Å². The number of carbonyl (C=O) groups excluding carboxylic acids is 1. The van der Waals surface area contributed by atoms with Gasteiger partial charge < -0.3 is 10.4 Å². The fourth-order valence-electron chi connectivity index (χ4n) is 1.97. The van der Waals surface area contributed by atoms with E-state index in [1.54, 1.807) is 39.0 Å². The molecule has 0 bridgehead atoms. The summed E-state index contributed by atoms with van der Waals surface area (Å²) in [6.07, 6.45) is 0. The number of carboxylic acid groups (broad SMARTS) is 1. The third-order valence-electron chi connectivity index (χ3n) is 3.47. The molecule has 0 fully saturated rings. The summed E-state index contributed by atoms with van der Waals surface area (Å²) >= 11 is 0. The van der Waals surface area contributed by atoms with Crippen molar-refractivity contribution in [2.24, 2.45) is 5.41 Å². The number of rotatable bonds is 5. The van der Waals surface area contributed by atoms with Crippen molar-refractivity contribution in [3.63, 3.8) is 0 Å².